The molecule has 2 rings (SSSR count). The highest BCUT2D eigenvalue weighted by atomic mass is 79.9. The summed E-state index contributed by atoms with van der Waals surface area (Å²) < 4.78 is 11.0. The fraction of sp³-hybridized carbons (Fsp3) is 0.167. The second kappa shape index (κ2) is 6.38. The average Bonchev–Trinajstić information content (AvgIpc) is 3.00. The summed E-state index contributed by atoms with van der Waals surface area (Å²) in [4.78, 5) is 24.6. The summed E-state index contributed by atoms with van der Waals surface area (Å²) in [6.45, 7) is 0. The van der Waals surface area contributed by atoms with Gasteiger partial charge in [-0.05, 0) is 31.9 Å². The second-order valence-electron chi connectivity index (χ2n) is 3.56. The van der Waals surface area contributed by atoms with E-state index in [1.807, 2.05) is 0 Å². The molecule has 0 aliphatic heterocycles. The SMILES string of the molecule is COC(=O)c1scc(Br)c1-c1c(Br)csc1C(=O)OC. The van der Waals surface area contributed by atoms with Crippen molar-refractivity contribution in [1.29, 1.82) is 0 Å². The van der Waals surface area contributed by atoms with Gasteiger partial charge in [-0.25, -0.2) is 9.59 Å². The molecule has 0 N–H and O–H groups in total. The van der Waals surface area contributed by atoms with Crippen molar-refractivity contribution in [3.63, 3.8) is 0 Å². The summed E-state index contributed by atoms with van der Waals surface area (Å²) in [5.41, 5.74) is 1.27. The van der Waals surface area contributed by atoms with Crippen molar-refractivity contribution >= 4 is 66.5 Å². The lowest BCUT2D eigenvalue weighted by molar-refractivity contribution is 0.0595. The van der Waals surface area contributed by atoms with Crippen LogP contribution in [0.15, 0.2) is 19.7 Å². The van der Waals surface area contributed by atoms with E-state index in [4.69, 9.17) is 9.47 Å². The van der Waals surface area contributed by atoms with E-state index in [0.29, 0.717) is 20.9 Å². The monoisotopic (exact) mass is 438 g/mol. The molecule has 20 heavy (non-hydrogen) atoms. The summed E-state index contributed by atoms with van der Waals surface area (Å²) >= 11 is 9.33. The van der Waals surface area contributed by atoms with Gasteiger partial charge in [0.05, 0.1) is 14.2 Å². The first-order chi connectivity index (χ1) is 9.51. The van der Waals surface area contributed by atoms with Gasteiger partial charge < -0.3 is 9.47 Å². The zero-order valence-electron chi connectivity index (χ0n) is 10.4. The van der Waals surface area contributed by atoms with Crippen molar-refractivity contribution in [1.82, 2.24) is 0 Å². The summed E-state index contributed by atoms with van der Waals surface area (Å²) in [5, 5.41) is 3.57. The topological polar surface area (TPSA) is 52.6 Å². The molecular formula is C12H8Br2O4S2. The van der Waals surface area contributed by atoms with Crippen LogP contribution in [0.4, 0.5) is 0 Å². The minimum atomic E-state index is -0.440. The Kier molecular flexibility index (Phi) is 5.00. The van der Waals surface area contributed by atoms with Crippen LogP contribution in [0.2, 0.25) is 0 Å². The molecule has 2 aromatic heterocycles. The summed E-state index contributed by atoms with van der Waals surface area (Å²) in [6, 6.07) is 0. The van der Waals surface area contributed by atoms with Crippen LogP contribution in [0.25, 0.3) is 11.1 Å². The van der Waals surface area contributed by atoms with Crippen molar-refractivity contribution < 1.29 is 19.1 Å². The van der Waals surface area contributed by atoms with Gasteiger partial charge in [-0.3, -0.25) is 0 Å². The minimum Gasteiger partial charge on any atom is -0.465 e. The molecule has 106 valence electrons. The number of carbonyl (C=O) groups is 2. The highest BCUT2D eigenvalue weighted by Gasteiger charge is 2.27. The fourth-order valence-electron chi connectivity index (χ4n) is 1.63. The number of rotatable bonds is 3. The fourth-order valence-corrected chi connectivity index (χ4v) is 4.94. The molecular weight excluding hydrogens is 432 g/mol. The summed E-state index contributed by atoms with van der Waals surface area (Å²) in [5.74, 6) is -0.880. The Labute approximate surface area is 140 Å². The number of hydrogen-bond donors (Lipinski definition) is 0. The van der Waals surface area contributed by atoms with Gasteiger partial charge in [0.25, 0.3) is 0 Å². The van der Waals surface area contributed by atoms with Crippen LogP contribution >= 0.6 is 54.5 Å². The van der Waals surface area contributed by atoms with Crippen molar-refractivity contribution in [2.45, 2.75) is 0 Å². The third kappa shape index (κ3) is 2.69. The summed E-state index contributed by atoms with van der Waals surface area (Å²) in [7, 11) is 2.65. The number of hydrogen-bond acceptors (Lipinski definition) is 6. The molecule has 0 aromatic carbocycles. The molecule has 0 saturated heterocycles. The number of thiophene rings is 2. The van der Waals surface area contributed by atoms with Crippen LogP contribution in [0, 0.1) is 0 Å². The maximum Gasteiger partial charge on any atom is 0.348 e. The molecule has 4 nitrogen and oxygen atoms in total. The van der Waals surface area contributed by atoms with E-state index in [2.05, 4.69) is 31.9 Å². The van der Waals surface area contributed by atoms with E-state index in [-0.39, 0.29) is 0 Å². The molecule has 0 atom stereocenters. The molecule has 2 heterocycles. The highest BCUT2D eigenvalue weighted by Crippen LogP contribution is 2.44. The Morgan fingerprint density at radius 1 is 0.900 bits per heavy atom. The van der Waals surface area contributed by atoms with E-state index in [9.17, 15) is 9.59 Å². The van der Waals surface area contributed by atoms with Crippen LogP contribution in [0.5, 0.6) is 0 Å². The molecule has 0 radical (unpaired) electrons. The van der Waals surface area contributed by atoms with Gasteiger partial charge in [0.15, 0.2) is 0 Å². The van der Waals surface area contributed by atoms with Crippen LogP contribution in [0.3, 0.4) is 0 Å². The van der Waals surface area contributed by atoms with Crippen molar-refractivity contribution in [3.05, 3.63) is 29.5 Å². The van der Waals surface area contributed by atoms with E-state index in [1.165, 1.54) is 36.9 Å². The number of halogens is 2. The Balaban J connectivity index is 2.69. The largest absolute Gasteiger partial charge is 0.465 e. The van der Waals surface area contributed by atoms with Crippen LogP contribution in [-0.4, -0.2) is 26.2 Å². The molecule has 0 amide bonds. The van der Waals surface area contributed by atoms with Gasteiger partial charge in [0, 0.05) is 30.8 Å². The predicted octanol–water partition coefficient (Wildman–Crippen LogP) is 4.57. The Bertz CT molecular complexity index is 617. The molecule has 0 spiro atoms. The van der Waals surface area contributed by atoms with Crippen LogP contribution in [0.1, 0.15) is 19.3 Å². The maximum absolute atomic E-state index is 11.8. The van der Waals surface area contributed by atoms with Crippen molar-refractivity contribution in [3.8, 4) is 11.1 Å². The standard InChI is InChI=1S/C12H8Br2O4S2/c1-17-11(15)9-7(5(13)3-19-9)8-6(14)4-20-10(8)12(16)18-2/h3-4H,1-2H3. The molecule has 0 aliphatic rings. The third-order valence-electron chi connectivity index (χ3n) is 2.48. The van der Waals surface area contributed by atoms with E-state index < -0.39 is 11.9 Å². The predicted molar refractivity (Wildman–Crippen MR) is 85.7 cm³/mol. The Morgan fingerprint density at radius 2 is 1.25 bits per heavy atom. The quantitative estimate of drug-likeness (QED) is 0.657. The second-order valence-corrected chi connectivity index (χ2v) is 7.03. The normalized spacial score (nSPS) is 10.4. The van der Waals surface area contributed by atoms with Crippen LogP contribution < -0.4 is 0 Å². The van der Waals surface area contributed by atoms with Gasteiger partial charge in [-0.15, -0.1) is 22.7 Å². The lowest BCUT2D eigenvalue weighted by Gasteiger charge is -2.06. The first-order valence-corrected chi connectivity index (χ1v) is 8.56. The Hall–Kier alpha value is -0.700. The molecule has 0 unspecified atom stereocenters. The smallest absolute Gasteiger partial charge is 0.348 e. The molecule has 0 saturated carbocycles. The number of methoxy groups -OCH3 is 2. The van der Waals surface area contributed by atoms with Gasteiger partial charge in [0.1, 0.15) is 9.75 Å². The Morgan fingerprint density at radius 3 is 1.55 bits per heavy atom. The first kappa shape index (κ1) is 15.7. The van der Waals surface area contributed by atoms with Gasteiger partial charge in [-0.2, -0.15) is 0 Å². The van der Waals surface area contributed by atoms with Gasteiger partial charge in [0.2, 0.25) is 0 Å². The zero-order chi connectivity index (χ0) is 14.9. The van der Waals surface area contributed by atoms with E-state index in [1.54, 1.807) is 10.8 Å². The lowest BCUT2D eigenvalue weighted by Crippen LogP contribution is -2.03. The molecule has 0 bridgehead atoms. The maximum atomic E-state index is 11.8. The number of esters is 2. The lowest BCUT2D eigenvalue weighted by atomic mass is 10.1. The number of ether oxygens (including phenoxy) is 2. The van der Waals surface area contributed by atoms with Crippen LogP contribution in [-0.2, 0) is 9.47 Å². The van der Waals surface area contributed by atoms with Gasteiger partial charge >= 0.3 is 11.9 Å². The minimum absolute atomic E-state index is 0.434. The first-order valence-electron chi connectivity index (χ1n) is 5.22. The van der Waals surface area contributed by atoms with Crippen molar-refractivity contribution in [2.75, 3.05) is 14.2 Å². The van der Waals surface area contributed by atoms with E-state index in [0.717, 1.165) is 8.95 Å². The zero-order valence-corrected chi connectivity index (χ0v) is 15.2. The molecule has 2 aromatic rings. The molecule has 0 fully saturated rings. The third-order valence-corrected chi connectivity index (χ3v) is 6.26. The van der Waals surface area contributed by atoms with Gasteiger partial charge in [-0.1, -0.05) is 0 Å². The van der Waals surface area contributed by atoms with E-state index >= 15 is 0 Å². The van der Waals surface area contributed by atoms with Crippen molar-refractivity contribution in [2.24, 2.45) is 0 Å². The highest BCUT2D eigenvalue weighted by molar-refractivity contribution is 9.11. The summed E-state index contributed by atoms with van der Waals surface area (Å²) in [6.07, 6.45) is 0. The molecule has 0 aliphatic carbocycles. The number of carbonyl (C=O) groups excluding carboxylic acids is 2. The molecule has 8 heteroatoms. The average molecular weight is 440 g/mol.